The number of halogens is 2. The molecule has 1 unspecified atom stereocenters. The van der Waals surface area contributed by atoms with E-state index >= 15 is 0 Å². The van der Waals surface area contributed by atoms with Crippen molar-refractivity contribution < 1.29 is 9.18 Å². The number of rotatable bonds is 8. The van der Waals surface area contributed by atoms with Crippen molar-refractivity contribution in [3.63, 3.8) is 0 Å². The van der Waals surface area contributed by atoms with Crippen molar-refractivity contribution in [2.24, 2.45) is 11.7 Å². The van der Waals surface area contributed by atoms with Crippen LogP contribution in [0.4, 0.5) is 4.39 Å². The van der Waals surface area contributed by atoms with Gasteiger partial charge in [-0.15, -0.1) is 12.4 Å². The van der Waals surface area contributed by atoms with Crippen LogP contribution >= 0.6 is 12.4 Å². The van der Waals surface area contributed by atoms with Gasteiger partial charge in [0.2, 0.25) is 5.91 Å². The second-order valence-corrected chi connectivity index (χ2v) is 5.86. The van der Waals surface area contributed by atoms with Crippen molar-refractivity contribution in [2.75, 3.05) is 6.54 Å². The summed E-state index contributed by atoms with van der Waals surface area (Å²) in [6, 6.07) is 6.52. The number of nitrogens with one attached hydrogen (secondary N) is 1. The van der Waals surface area contributed by atoms with Crippen LogP contribution < -0.4 is 11.1 Å². The monoisotopic (exact) mass is 330 g/mol. The van der Waals surface area contributed by atoms with Gasteiger partial charge in [0.25, 0.3) is 0 Å². The molecule has 0 heterocycles. The Kier molecular flexibility index (Phi) is 9.30. The Morgan fingerprint density at radius 3 is 2.55 bits per heavy atom. The molecular weight excluding hydrogens is 303 g/mol. The lowest BCUT2D eigenvalue weighted by Gasteiger charge is -2.27. The lowest BCUT2D eigenvalue weighted by molar-refractivity contribution is -0.124. The first kappa shape index (κ1) is 20.9. The molecule has 0 aromatic heterocycles. The lowest BCUT2D eigenvalue weighted by atomic mass is 9.93. The summed E-state index contributed by atoms with van der Waals surface area (Å²) in [5.74, 6) is -0.322. The SMILES string of the molecule is CCC(N)(CC)CNC(=O)C(C)CCc1cccc(F)c1.Cl. The van der Waals surface area contributed by atoms with Crippen molar-refractivity contribution in [3.8, 4) is 0 Å². The van der Waals surface area contributed by atoms with Crippen LogP contribution in [-0.4, -0.2) is 18.0 Å². The first-order chi connectivity index (χ1) is 9.90. The van der Waals surface area contributed by atoms with E-state index in [2.05, 4.69) is 5.32 Å². The Bertz CT molecular complexity index is 464. The smallest absolute Gasteiger partial charge is 0.222 e. The Balaban J connectivity index is 0.00000441. The number of amides is 1. The van der Waals surface area contributed by atoms with Gasteiger partial charge in [0.15, 0.2) is 0 Å². The first-order valence-corrected chi connectivity index (χ1v) is 7.71. The van der Waals surface area contributed by atoms with Crippen molar-refractivity contribution in [2.45, 2.75) is 52.0 Å². The summed E-state index contributed by atoms with van der Waals surface area (Å²) in [4.78, 5) is 12.1. The van der Waals surface area contributed by atoms with Crippen molar-refractivity contribution in [1.82, 2.24) is 5.32 Å². The van der Waals surface area contributed by atoms with Crippen molar-refractivity contribution in [1.29, 1.82) is 0 Å². The van der Waals surface area contributed by atoms with Crippen LogP contribution in [0.5, 0.6) is 0 Å². The molecule has 0 bridgehead atoms. The fourth-order valence-electron chi connectivity index (χ4n) is 2.14. The third-order valence-electron chi connectivity index (χ3n) is 4.23. The van der Waals surface area contributed by atoms with E-state index in [-0.39, 0.29) is 35.6 Å². The van der Waals surface area contributed by atoms with E-state index in [0.717, 1.165) is 18.4 Å². The molecule has 1 atom stereocenters. The molecule has 0 saturated carbocycles. The van der Waals surface area contributed by atoms with E-state index in [1.165, 1.54) is 12.1 Å². The fraction of sp³-hybridized carbons (Fsp3) is 0.588. The van der Waals surface area contributed by atoms with Gasteiger partial charge in [0.1, 0.15) is 5.82 Å². The summed E-state index contributed by atoms with van der Waals surface area (Å²) in [6.07, 6.45) is 3.07. The Labute approximate surface area is 139 Å². The topological polar surface area (TPSA) is 55.1 Å². The molecule has 1 rings (SSSR count). The van der Waals surface area contributed by atoms with E-state index < -0.39 is 0 Å². The predicted octanol–water partition coefficient (Wildman–Crippen LogP) is 3.45. The zero-order valence-corrected chi connectivity index (χ0v) is 14.5. The third kappa shape index (κ3) is 6.75. The highest BCUT2D eigenvalue weighted by Crippen LogP contribution is 2.13. The summed E-state index contributed by atoms with van der Waals surface area (Å²) in [5, 5.41) is 2.93. The van der Waals surface area contributed by atoms with Gasteiger partial charge in [-0.25, -0.2) is 4.39 Å². The molecule has 3 nitrogen and oxygen atoms in total. The zero-order valence-electron chi connectivity index (χ0n) is 13.7. The molecule has 0 aliphatic carbocycles. The molecule has 22 heavy (non-hydrogen) atoms. The van der Waals surface area contributed by atoms with E-state index in [1.807, 2.05) is 26.8 Å². The van der Waals surface area contributed by atoms with Gasteiger partial charge < -0.3 is 11.1 Å². The lowest BCUT2D eigenvalue weighted by Crippen LogP contribution is -2.50. The average molecular weight is 331 g/mol. The van der Waals surface area contributed by atoms with E-state index in [0.29, 0.717) is 19.4 Å². The number of hydrogen-bond donors (Lipinski definition) is 2. The second-order valence-electron chi connectivity index (χ2n) is 5.86. The molecule has 0 aliphatic rings. The minimum Gasteiger partial charge on any atom is -0.354 e. The molecule has 0 spiro atoms. The van der Waals surface area contributed by atoms with Gasteiger partial charge in [-0.05, 0) is 43.4 Å². The number of hydrogen-bond acceptors (Lipinski definition) is 2. The highest BCUT2D eigenvalue weighted by molar-refractivity contribution is 5.85. The van der Waals surface area contributed by atoms with Gasteiger partial charge in [0.05, 0.1) is 0 Å². The first-order valence-electron chi connectivity index (χ1n) is 7.71. The van der Waals surface area contributed by atoms with Crippen LogP contribution in [0.15, 0.2) is 24.3 Å². The summed E-state index contributed by atoms with van der Waals surface area (Å²) in [6.45, 7) is 6.46. The van der Waals surface area contributed by atoms with Gasteiger partial charge in [0, 0.05) is 18.0 Å². The van der Waals surface area contributed by atoms with Crippen LogP contribution in [0.2, 0.25) is 0 Å². The summed E-state index contributed by atoms with van der Waals surface area (Å²) in [5.41, 5.74) is 6.77. The van der Waals surface area contributed by atoms with Crippen molar-refractivity contribution >= 4 is 18.3 Å². The van der Waals surface area contributed by atoms with Crippen LogP contribution in [0.25, 0.3) is 0 Å². The van der Waals surface area contributed by atoms with E-state index in [1.54, 1.807) is 6.07 Å². The van der Waals surface area contributed by atoms with Gasteiger partial charge in [-0.3, -0.25) is 4.79 Å². The molecule has 0 fully saturated rings. The average Bonchev–Trinajstić information content (AvgIpc) is 2.50. The normalized spacial score (nSPS) is 12.4. The Morgan fingerprint density at radius 2 is 2.00 bits per heavy atom. The number of aryl methyl sites for hydroxylation is 1. The van der Waals surface area contributed by atoms with Crippen LogP contribution in [-0.2, 0) is 11.2 Å². The van der Waals surface area contributed by atoms with Gasteiger partial charge in [-0.2, -0.15) is 0 Å². The zero-order chi connectivity index (χ0) is 15.9. The Hall–Kier alpha value is -1.13. The quantitative estimate of drug-likeness (QED) is 0.767. The molecule has 3 N–H and O–H groups in total. The van der Waals surface area contributed by atoms with Crippen molar-refractivity contribution in [3.05, 3.63) is 35.6 Å². The molecule has 0 aliphatic heterocycles. The molecule has 0 radical (unpaired) electrons. The minimum absolute atomic E-state index is 0. The standard InChI is InChI=1S/C17H27FN2O.ClH/c1-4-17(19,5-2)12-20-16(21)13(3)9-10-14-7-6-8-15(18)11-14;/h6-8,11,13H,4-5,9-10,12,19H2,1-3H3,(H,20,21);1H. The number of nitrogens with two attached hydrogens (primary N) is 1. The summed E-state index contributed by atoms with van der Waals surface area (Å²) < 4.78 is 13.1. The van der Waals surface area contributed by atoms with E-state index in [4.69, 9.17) is 5.73 Å². The molecule has 0 saturated heterocycles. The summed E-state index contributed by atoms with van der Waals surface area (Å²) in [7, 11) is 0. The van der Waals surface area contributed by atoms with Crippen LogP contribution in [0, 0.1) is 11.7 Å². The second kappa shape index (κ2) is 9.80. The number of carbonyl (C=O) groups is 1. The molecule has 1 aromatic carbocycles. The minimum atomic E-state index is -0.321. The highest BCUT2D eigenvalue weighted by atomic mass is 35.5. The van der Waals surface area contributed by atoms with Crippen LogP contribution in [0.3, 0.4) is 0 Å². The molecular formula is C17H28ClFN2O. The maximum absolute atomic E-state index is 13.1. The Morgan fingerprint density at radius 1 is 1.36 bits per heavy atom. The van der Waals surface area contributed by atoms with Crippen LogP contribution in [0.1, 0.15) is 45.6 Å². The predicted molar refractivity (Wildman–Crippen MR) is 91.6 cm³/mol. The number of carbonyl (C=O) groups excluding carboxylic acids is 1. The highest BCUT2D eigenvalue weighted by Gasteiger charge is 2.22. The summed E-state index contributed by atoms with van der Waals surface area (Å²) >= 11 is 0. The van der Waals surface area contributed by atoms with Gasteiger partial charge in [-0.1, -0.05) is 32.9 Å². The van der Waals surface area contributed by atoms with Gasteiger partial charge >= 0.3 is 0 Å². The number of benzene rings is 1. The maximum Gasteiger partial charge on any atom is 0.222 e. The fourth-order valence-corrected chi connectivity index (χ4v) is 2.14. The maximum atomic E-state index is 13.1. The molecule has 1 amide bonds. The van der Waals surface area contributed by atoms with E-state index in [9.17, 15) is 9.18 Å². The molecule has 5 heteroatoms. The molecule has 126 valence electrons. The third-order valence-corrected chi connectivity index (χ3v) is 4.23. The largest absolute Gasteiger partial charge is 0.354 e. The molecule has 1 aromatic rings.